The van der Waals surface area contributed by atoms with Gasteiger partial charge in [-0.25, -0.2) is 13.9 Å². The zero-order chi connectivity index (χ0) is 28.0. The van der Waals surface area contributed by atoms with Crippen molar-refractivity contribution in [3.8, 4) is 11.3 Å². The summed E-state index contributed by atoms with van der Waals surface area (Å²) in [6.45, 7) is 1.88. The Morgan fingerprint density at radius 3 is 2.42 bits per heavy atom. The van der Waals surface area contributed by atoms with Crippen molar-refractivity contribution in [1.82, 2.24) is 24.4 Å². The second kappa shape index (κ2) is 9.60. The monoisotopic (exact) mass is 544 g/mol. The van der Waals surface area contributed by atoms with Crippen LogP contribution in [0.15, 0.2) is 84.9 Å². The van der Waals surface area contributed by atoms with Crippen LogP contribution in [0.5, 0.6) is 0 Å². The highest BCUT2D eigenvalue weighted by atomic mass is 19.4. The molecule has 3 heterocycles. The van der Waals surface area contributed by atoms with Gasteiger partial charge in [0.2, 0.25) is 0 Å². The highest BCUT2D eigenvalue weighted by molar-refractivity contribution is 6.03. The SMILES string of the molecule is Cc1cc(NC(=O)c2cc3nc(-c4ccc5ccccc5c4)cc(C(F)(F)F)n3n2)nn1Cc1ccccc1F. The Hall–Kier alpha value is -5.06. The van der Waals surface area contributed by atoms with Crippen molar-refractivity contribution in [2.24, 2.45) is 0 Å². The molecule has 0 atom stereocenters. The molecule has 0 fully saturated rings. The Bertz CT molecular complexity index is 1910. The fourth-order valence-electron chi connectivity index (χ4n) is 4.48. The van der Waals surface area contributed by atoms with Crippen molar-refractivity contribution >= 4 is 28.1 Å². The van der Waals surface area contributed by atoms with Crippen molar-refractivity contribution < 1.29 is 22.4 Å². The van der Waals surface area contributed by atoms with Crippen LogP contribution in [0.4, 0.5) is 23.4 Å². The van der Waals surface area contributed by atoms with Gasteiger partial charge in [-0.15, -0.1) is 0 Å². The lowest BCUT2D eigenvalue weighted by Gasteiger charge is -2.11. The molecule has 6 rings (SSSR count). The van der Waals surface area contributed by atoms with Crippen LogP contribution >= 0.6 is 0 Å². The number of hydrogen-bond donors (Lipinski definition) is 1. The minimum absolute atomic E-state index is 0.0972. The lowest BCUT2D eigenvalue weighted by atomic mass is 10.0. The fraction of sp³-hybridized carbons (Fsp3) is 0.103. The second-order valence-electron chi connectivity index (χ2n) is 9.26. The maximum absolute atomic E-state index is 14.1. The summed E-state index contributed by atoms with van der Waals surface area (Å²) in [6, 6.07) is 22.7. The Kier molecular flexibility index (Phi) is 6.05. The molecule has 0 aliphatic heterocycles. The molecule has 3 aromatic carbocycles. The molecule has 200 valence electrons. The highest BCUT2D eigenvalue weighted by Crippen LogP contribution is 2.33. The quantitative estimate of drug-likeness (QED) is 0.251. The Morgan fingerprint density at radius 1 is 0.900 bits per heavy atom. The lowest BCUT2D eigenvalue weighted by molar-refractivity contribution is -0.142. The topological polar surface area (TPSA) is 77.1 Å². The van der Waals surface area contributed by atoms with Crippen molar-refractivity contribution in [2.45, 2.75) is 19.6 Å². The molecule has 0 radical (unpaired) electrons. The standard InChI is InChI=1S/C29H20F4N6O/c1-17-12-26(37-38(17)16-21-8-4-5-9-22(21)30)35-28(40)24-15-27-34-23(14-25(29(31,32)33)39(27)36-24)20-11-10-18-6-2-3-7-19(18)13-20/h2-15H,16H2,1H3,(H,35,37,40). The summed E-state index contributed by atoms with van der Waals surface area (Å²) < 4.78 is 58.3. The summed E-state index contributed by atoms with van der Waals surface area (Å²) in [5.74, 6) is -0.998. The van der Waals surface area contributed by atoms with E-state index in [-0.39, 0.29) is 35.2 Å². The van der Waals surface area contributed by atoms with Gasteiger partial charge in [-0.1, -0.05) is 54.6 Å². The molecule has 0 aliphatic carbocycles. The zero-order valence-corrected chi connectivity index (χ0v) is 20.9. The van der Waals surface area contributed by atoms with Crippen LogP contribution in [0.1, 0.15) is 27.4 Å². The van der Waals surface area contributed by atoms with E-state index in [1.165, 1.54) is 16.8 Å². The summed E-state index contributed by atoms with van der Waals surface area (Å²) in [4.78, 5) is 17.3. The summed E-state index contributed by atoms with van der Waals surface area (Å²) in [6.07, 6.45) is -4.75. The first-order chi connectivity index (χ1) is 19.2. The van der Waals surface area contributed by atoms with Crippen LogP contribution in [0.2, 0.25) is 0 Å². The number of alkyl halides is 3. The number of benzene rings is 3. The summed E-state index contributed by atoms with van der Waals surface area (Å²) in [5, 5.41) is 12.5. The number of aryl methyl sites for hydroxylation is 1. The third kappa shape index (κ3) is 4.77. The number of amides is 1. The van der Waals surface area contributed by atoms with E-state index in [1.54, 1.807) is 43.3 Å². The average Bonchev–Trinajstić information content (AvgIpc) is 3.51. The van der Waals surface area contributed by atoms with Crippen molar-refractivity contribution in [3.63, 3.8) is 0 Å². The van der Waals surface area contributed by atoms with Gasteiger partial charge in [-0.2, -0.15) is 23.4 Å². The van der Waals surface area contributed by atoms with Crippen LogP contribution in [0.25, 0.3) is 27.7 Å². The van der Waals surface area contributed by atoms with Crippen molar-refractivity contribution in [3.05, 3.63) is 113 Å². The van der Waals surface area contributed by atoms with Crippen LogP contribution in [0, 0.1) is 12.7 Å². The van der Waals surface area contributed by atoms with E-state index in [1.807, 2.05) is 30.3 Å². The van der Waals surface area contributed by atoms with Crippen LogP contribution in [0.3, 0.4) is 0 Å². The first-order valence-corrected chi connectivity index (χ1v) is 12.2. The molecule has 11 heteroatoms. The van der Waals surface area contributed by atoms with Gasteiger partial charge in [0.05, 0.1) is 12.2 Å². The van der Waals surface area contributed by atoms with Crippen molar-refractivity contribution in [2.75, 3.05) is 5.32 Å². The van der Waals surface area contributed by atoms with E-state index >= 15 is 0 Å². The summed E-state index contributed by atoms with van der Waals surface area (Å²) in [5.41, 5.74) is 0.188. The van der Waals surface area contributed by atoms with Crippen LogP contribution in [-0.2, 0) is 12.7 Å². The molecule has 1 amide bonds. The van der Waals surface area contributed by atoms with Crippen molar-refractivity contribution in [1.29, 1.82) is 0 Å². The average molecular weight is 545 g/mol. The number of carbonyl (C=O) groups excluding carboxylic acids is 1. The molecule has 0 aliphatic rings. The number of aromatic nitrogens is 5. The molecule has 0 bridgehead atoms. The number of hydrogen-bond acceptors (Lipinski definition) is 4. The molecular weight excluding hydrogens is 524 g/mol. The number of anilines is 1. The first kappa shape index (κ1) is 25.2. The lowest BCUT2D eigenvalue weighted by Crippen LogP contribution is -2.16. The Balaban J connectivity index is 1.32. The van der Waals surface area contributed by atoms with Gasteiger partial charge in [0, 0.05) is 29.0 Å². The smallest absolute Gasteiger partial charge is 0.304 e. The third-order valence-electron chi connectivity index (χ3n) is 6.50. The maximum atomic E-state index is 14.1. The van der Waals surface area contributed by atoms with Gasteiger partial charge in [-0.3, -0.25) is 9.48 Å². The first-order valence-electron chi connectivity index (χ1n) is 12.2. The summed E-state index contributed by atoms with van der Waals surface area (Å²) in [7, 11) is 0. The maximum Gasteiger partial charge on any atom is 0.433 e. The molecule has 7 nitrogen and oxygen atoms in total. The van der Waals surface area contributed by atoms with E-state index < -0.39 is 17.8 Å². The molecule has 1 N–H and O–H groups in total. The number of fused-ring (bicyclic) bond motifs is 2. The minimum atomic E-state index is -4.75. The second-order valence-corrected chi connectivity index (χ2v) is 9.26. The number of nitrogens with zero attached hydrogens (tertiary/aromatic N) is 5. The predicted octanol–water partition coefficient (Wildman–Crippen LogP) is 6.51. The molecule has 0 spiro atoms. The van der Waals surface area contributed by atoms with E-state index in [4.69, 9.17) is 0 Å². The predicted molar refractivity (Wildman–Crippen MR) is 141 cm³/mol. The number of carbonyl (C=O) groups is 1. The molecule has 0 saturated carbocycles. The minimum Gasteiger partial charge on any atom is -0.304 e. The largest absolute Gasteiger partial charge is 0.433 e. The zero-order valence-electron chi connectivity index (χ0n) is 20.9. The van der Waals surface area contributed by atoms with E-state index in [9.17, 15) is 22.4 Å². The van der Waals surface area contributed by atoms with Crippen LogP contribution < -0.4 is 5.32 Å². The Labute approximate surface area is 224 Å². The molecule has 3 aromatic heterocycles. The molecule has 0 unspecified atom stereocenters. The molecule has 0 saturated heterocycles. The van der Waals surface area contributed by atoms with Gasteiger partial charge < -0.3 is 5.32 Å². The number of halogens is 4. The van der Waals surface area contributed by atoms with Gasteiger partial charge in [0.25, 0.3) is 5.91 Å². The van der Waals surface area contributed by atoms with Crippen LogP contribution in [-0.4, -0.2) is 30.3 Å². The number of rotatable bonds is 5. The van der Waals surface area contributed by atoms with E-state index in [0.717, 1.165) is 16.8 Å². The summed E-state index contributed by atoms with van der Waals surface area (Å²) >= 11 is 0. The fourth-order valence-corrected chi connectivity index (χ4v) is 4.48. The van der Waals surface area contributed by atoms with Gasteiger partial charge in [0.1, 0.15) is 5.82 Å². The molecular formula is C29H20F4N6O. The number of nitrogens with one attached hydrogen (secondary N) is 1. The highest BCUT2D eigenvalue weighted by Gasteiger charge is 2.35. The van der Waals surface area contributed by atoms with Gasteiger partial charge >= 0.3 is 6.18 Å². The molecule has 6 aromatic rings. The normalized spacial score (nSPS) is 11.8. The van der Waals surface area contributed by atoms with Gasteiger partial charge in [0.15, 0.2) is 22.9 Å². The third-order valence-corrected chi connectivity index (χ3v) is 6.50. The Morgan fingerprint density at radius 2 is 1.65 bits per heavy atom. The van der Waals surface area contributed by atoms with E-state index in [2.05, 4.69) is 20.5 Å². The van der Waals surface area contributed by atoms with E-state index in [0.29, 0.717) is 21.3 Å². The molecule has 40 heavy (non-hydrogen) atoms. The van der Waals surface area contributed by atoms with Gasteiger partial charge in [-0.05, 0) is 35.9 Å².